The molecular formula is C22H26N4O. The van der Waals surface area contributed by atoms with Crippen LogP contribution in [0.5, 0.6) is 0 Å². The fourth-order valence-electron chi connectivity index (χ4n) is 4.15. The first-order valence-corrected chi connectivity index (χ1v) is 9.66. The largest absolute Gasteiger partial charge is 0.339 e. The van der Waals surface area contributed by atoms with Gasteiger partial charge in [0.05, 0.1) is 11.1 Å². The van der Waals surface area contributed by atoms with Crippen LogP contribution in [0.15, 0.2) is 36.7 Å². The predicted molar refractivity (Wildman–Crippen MR) is 107 cm³/mol. The molecule has 0 saturated carbocycles. The number of likely N-dealkylation sites (tertiary alicyclic amines) is 1. The van der Waals surface area contributed by atoms with Crippen molar-refractivity contribution in [3.8, 4) is 0 Å². The number of rotatable bonds is 3. The predicted octanol–water partition coefficient (Wildman–Crippen LogP) is 3.91. The normalized spacial score (nSPS) is 15.4. The molecule has 5 heteroatoms. The van der Waals surface area contributed by atoms with E-state index in [2.05, 4.69) is 36.1 Å². The number of nitrogens with zero attached hydrogens (tertiary/aromatic N) is 4. The van der Waals surface area contributed by atoms with Crippen LogP contribution in [0.25, 0.3) is 10.9 Å². The molecule has 27 heavy (non-hydrogen) atoms. The van der Waals surface area contributed by atoms with Crippen LogP contribution in [-0.2, 0) is 6.54 Å². The molecule has 3 heterocycles. The molecule has 5 nitrogen and oxygen atoms in total. The second kappa shape index (κ2) is 7.14. The molecule has 1 amide bonds. The van der Waals surface area contributed by atoms with E-state index < -0.39 is 0 Å². The van der Waals surface area contributed by atoms with E-state index in [1.807, 2.05) is 41.0 Å². The van der Waals surface area contributed by atoms with Gasteiger partial charge < -0.3 is 4.90 Å². The summed E-state index contributed by atoms with van der Waals surface area (Å²) in [5.74, 6) is 0.711. The average molecular weight is 362 g/mol. The molecule has 140 valence electrons. The van der Waals surface area contributed by atoms with Gasteiger partial charge in [-0.15, -0.1) is 0 Å². The second-order valence-corrected chi connectivity index (χ2v) is 7.75. The third kappa shape index (κ3) is 3.59. The Bertz CT molecular complexity index is 970. The van der Waals surface area contributed by atoms with Crippen LogP contribution in [-0.4, -0.2) is 38.7 Å². The zero-order chi connectivity index (χ0) is 19.0. The van der Waals surface area contributed by atoms with Gasteiger partial charge in [-0.3, -0.25) is 14.5 Å². The molecular weight excluding hydrogens is 336 g/mol. The number of aromatic nitrogens is 3. The van der Waals surface area contributed by atoms with Gasteiger partial charge in [0.2, 0.25) is 0 Å². The Labute approximate surface area is 160 Å². The Hall–Kier alpha value is -2.69. The number of fused-ring (bicyclic) bond motifs is 1. The minimum absolute atomic E-state index is 0.132. The number of aryl methyl sites for hydroxylation is 3. The molecule has 0 aliphatic carbocycles. The zero-order valence-corrected chi connectivity index (χ0v) is 16.3. The molecule has 1 aromatic carbocycles. The van der Waals surface area contributed by atoms with Crippen LogP contribution in [0.2, 0.25) is 0 Å². The first kappa shape index (κ1) is 17.7. The maximum absolute atomic E-state index is 13.3. The number of carbonyl (C=O) groups excluding carboxylic acids is 1. The summed E-state index contributed by atoms with van der Waals surface area (Å²) in [6.45, 7) is 8.64. The summed E-state index contributed by atoms with van der Waals surface area (Å²) in [5, 5.41) is 5.28. The van der Waals surface area contributed by atoms with Gasteiger partial charge in [0.15, 0.2) is 0 Å². The van der Waals surface area contributed by atoms with Crippen molar-refractivity contribution < 1.29 is 4.79 Å². The highest BCUT2D eigenvalue weighted by Gasteiger charge is 2.25. The topological polar surface area (TPSA) is 51.0 Å². The lowest BCUT2D eigenvalue weighted by Crippen LogP contribution is -2.39. The monoisotopic (exact) mass is 362 g/mol. The Kier molecular flexibility index (Phi) is 4.68. The lowest BCUT2D eigenvalue weighted by molar-refractivity contribution is 0.0683. The van der Waals surface area contributed by atoms with E-state index >= 15 is 0 Å². The summed E-state index contributed by atoms with van der Waals surface area (Å²) in [6.07, 6.45) is 5.87. The lowest BCUT2D eigenvalue weighted by Gasteiger charge is -2.32. The van der Waals surface area contributed by atoms with Crippen molar-refractivity contribution in [2.45, 2.75) is 40.2 Å². The van der Waals surface area contributed by atoms with Gasteiger partial charge in [-0.1, -0.05) is 11.6 Å². The summed E-state index contributed by atoms with van der Waals surface area (Å²) in [5.41, 5.74) is 4.91. The van der Waals surface area contributed by atoms with Gasteiger partial charge in [0.1, 0.15) is 0 Å². The maximum Gasteiger partial charge on any atom is 0.254 e. The summed E-state index contributed by atoms with van der Waals surface area (Å²) in [6, 6.07) is 8.12. The van der Waals surface area contributed by atoms with E-state index in [1.165, 1.54) is 0 Å². The van der Waals surface area contributed by atoms with Gasteiger partial charge in [-0.05, 0) is 63.3 Å². The standard InChI is InChI=1S/C22H26N4O/c1-15-11-16(2)21-19(12-15)20(13-17(3)24-21)22(27)25-9-5-18(6-10-25)14-26-8-4-7-23-26/h4,7-8,11-13,18H,5-6,9-10,14H2,1-3H3. The van der Waals surface area contributed by atoms with Crippen molar-refractivity contribution in [3.05, 3.63) is 59.0 Å². The number of piperidine rings is 1. The molecule has 1 saturated heterocycles. The van der Waals surface area contributed by atoms with Crippen LogP contribution in [0.3, 0.4) is 0 Å². The van der Waals surface area contributed by atoms with Crippen molar-refractivity contribution in [1.29, 1.82) is 0 Å². The Balaban J connectivity index is 1.55. The first-order chi connectivity index (χ1) is 13.0. The van der Waals surface area contributed by atoms with E-state index in [4.69, 9.17) is 0 Å². The number of hydrogen-bond acceptors (Lipinski definition) is 3. The van der Waals surface area contributed by atoms with Crippen LogP contribution in [0, 0.1) is 26.7 Å². The molecule has 3 aromatic rings. The fourth-order valence-corrected chi connectivity index (χ4v) is 4.15. The van der Waals surface area contributed by atoms with Gasteiger partial charge in [-0.25, -0.2) is 0 Å². The van der Waals surface area contributed by atoms with Crippen molar-refractivity contribution in [3.63, 3.8) is 0 Å². The maximum atomic E-state index is 13.3. The number of benzene rings is 1. The highest BCUT2D eigenvalue weighted by molar-refractivity contribution is 6.07. The van der Waals surface area contributed by atoms with Gasteiger partial charge in [0.25, 0.3) is 5.91 Å². The highest BCUT2D eigenvalue weighted by Crippen LogP contribution is 2.26. The number of amides is 1. The zero-order valence-electron chi connectivity index (χ0n) is 16.3. The summed E-state index contributed by atoms with van der Waals surface area (Å²) in [7, 11) is 0. The van der Waals surface area contributed by atoms with E-state index in [-0.39, 0.29) is 5.91 Å². The molecule has 1 aliphatic rings. The molecule has 0 radical (unpaired) electrons. The van der Waals surface area contributed by atoms with Crippen molar-refractivity contribution in [2.24, 2.45) is 5.92 Å². The van der Waals surface area contributed by atoms with Crippen LogP contribution >= 0.6 is 0 Å². The van der Waals surface area contributed by atoms with Crippen LogP contribution in [0.4, 0.5) is 0 Å². The molecule has 0 atom stereocenters. The summed E-state index contributed by atoms with van der Waals surface area (Å²) in [4.78, 5) is 20.0. The quantitative estimate of drug-likeness (QED) is 0.710. The van der Waals surface area contributed by atoms with Crippen molar-refractivity contribution in [2.75, 3.05) is 13.1 Å². The molecule has 0 N–H and O–H groups in total. The van der Waals surface area contributed by atoms with Gasteiger partial charge in [0, 0.05) is 43.1 Å². The minimum atomic E-state index is 0.132. The lowest BCUT2D eigenvalue weighted by atomic mass is 9.95. The number of carbonyl (C=O) groups is 1. The van der Waals surface area contributed by atoms with Gasteiger partial charge in [-0.2, -0.15) is 5.10 Å². The molecule has 2 aromatic heterocycles. The molecule has 0 bridgehead atoms. The van der Waals surface area contributed by atoms with E-state index in [0.717, 1.165) is 65.8 Å². The van der Waals surface area contributed by atoms with Crippen LogP contribution < -0.4 is 0 Å². The minimum Gasteiger partial charge on any atom is -0.339 e. The van der Waals surface area contributed by atoms with E-state index in [9.17, 15) is 4.79 Å². The highest BCUT2D eigenvalue weighted by atomic mass is 16.2. The SMILES string of the molecule is Cc1cc(C)c2nc(C)cc(C(=O)N3CCC(Cn4cccn4)CC3)c2c1. The first-order valence-electron chi connectivity index (χ1n) is 9.66. The van der Waals surface area contributed by atoms with E-state index in [0.29, 0.717) is 5.92 Å². The molecule has 0 spiro atoms. The molecule has 0 unspecified atom stereocenters. The number of pyridine rings is 1. The Morgan fingerprint density at radius 1 is 1.15 bits per heavy atom. The molecule has 4 rings (SSSR count). The van der Waals surface area contributed by atoms with Crippen LogP contribution in [0.1, 0.15) is 40.0 Å². The Morgan fingerprint density at radius 3 is 2.63 bits per heavy atom. The fraction of sp³-hybridized carbons (Fsp3) is 0.409. The summed E-state index contributed by atoms with van der Waals surface area (Å²) < 4.78 is 1.99. The van der Waals surface area contributed by atoms with E-state index in [1.54, 1.807) is 0 Å². The average Bonchev–Trinajstić information content (AvgIpc) is 3.15. The molecule has 1 aliphatic heterocycles. The molecule has 1 fully saturated rings. The third-order valence-electron chi connectivity index (χ3n) is 5.51. The summed E-state index contributed by atoms with van der Waals surface area (Å²) >= 11 is 0. The number of hydrogen-bond donors (Lipinski definition) is 0. The second-order valence-electron chi connectivity index (χ2n) is 7.75. The smallest absolute Gasteiger partial charge is 0.254 e. The van der Waals surface area contributed by atoms with Gasteiger partial charge >= 0.3 is 0 Å². The Morgan fingerprint density at radius 2 is 1.93 bits per heavy atom. The van der Waals surface area contributed by atoms with Crippen molar-refractivity contribution in [1.82, 2.24) is 19.7 Å². The van der Waals surface area contributed by atoms with Crippen molar-refractivity contribution >= 4 is 16.8 Å². The third-order valence-corrected chi connectivity index (χ3v) is 5.51.